The summed E-state index contributed by atoms with van der Waals surface area (Å²) in [5, 5.41) is 3.50. The van der Waals surface area contributed by atoms with Gasteiger partial charge in [-0.3, -0.25) is 0 Å². The van der Waals surface area contributed by atoms with E-state index in [4.69, 9.17) is 0 Å². The molecule has 0 aliphatic carbocycles. The number of rotatable bonds is 4. The summed E-state index contributed by atoms with van der Waals surface area (Å²) in [5.41, 5.74) is 5.20. The van der Waals surface area contributed by atoms with Gasteiger partial charge in [-0.2, -0.15) is 0 Å². The van der Waals surface area contributed by atoms with Crippen molar-refractivity contribution in [3.8, 4) is 0 Å². The number of thioether (sulfide) groups is 1. The standard InChI is InChI=1S/C16H19NS/c1-12-5-4-6-16(13(12)2)17-11-14-7-9-15(18-3)10-8-14/h4-10,17H,11H2,1-3H3. The second kappa shape index (κ2) is 5.96. The van der Waals surface area contributed by atoms with E-state index in [9.17, 15) is 0 Å². The number of nitrogens with one attached hydrogen (secondary N) is 1. The molecule has 0 saturated carbocycles. The predicted octanol–water partition coefficient (Wildman–Crippen LogP) is 4.64. The summed E-state index contributed by atoms with van der Waals surface area (Å²) in [4.78, 5) is 1.31. The second-order valence-corrected chi connectivity index (χ2v) is 5.33. The number of hydrogen-bond donors (Lipinski definition) is 1. The Morgan fingerprint density at radius 1 is 1.00 bits per heavy atom. The molecule has 0 saturated heterocycles. The molecule has 2 aromatic rings. The number of hydrogen-bond acceptors (Lipinski definition) is 2. The zero-order valence-electron chi connectivity index (χ0n) is 11.2. The van der Waals surface area contributed by atoms with Crippen LogP contribution in [0.3, 0.4) is 0 Å². The van der Waals surface area contributed by atoms with Gasteiger partial charge in [-0.15, -0.1) is 11.8 Å². The Bertz CT molecular complexity index is 517. The lowest BCUT2D eigenvalue weighted by molar-refractivity contribution is 1.13. The Balaban J connectivity index is 2.04. The van der Waals surface area contributed by atoms with E-state index in [0.717, 1.165) is 6.54 Å². The monoisotopic (exact) mass is 257 g/mol. The van der Waals surface area contributed by atoms with E-state index in [0.29, 0.717) is 0 Å². The van der Waals surface area contributed by atoms with E-state index < -0.39 is 0 Å². The fourth-order valence-electron chi connectivity index (χ4n) is 1.88. The van der Waals surface area contributed by atoms with Crippen LogP contribution in [0.5, 0.6) is 0 Å². The molecule has 0 heterocycles. The molecule has 2 heteroatoms. The highest BCUT2D eigenvalue weighted by atomic mass is 32.2. The Labute approximate surface area is 114 Å². The second-order valence-electron chi connectivity index (χ2n) is 4.45. The Morgan fingerprint density at radius 2 is 1.72 bits per heavy atom. The van der Waals surface area contributed by atoms with Crippen LogP contribution in [-0.4, -0.2) is 6.26 Å². The molecule has 0 atom stereocenters. The molecule has 1 N–H and O–H groups in total. The van der Waals surface area contributed by atoms with Crippen molar-refractivity contribution in [3.63, 3.8) is 0 Å². The van der Waals surface area contributed by atoms with E-state index in [1.165, 1.54) is 27.3 Å². The number of anilines is 1. The van der Waals surface area contributed by atoms with Crippen molar-refractivity contribution in [1.82, 2.24) is 0 Å². The maximum Gasteiger partial charge on any atom is 0.0400 e. The minimum Gasteiger partial charge on any atom is -0.381 e. The van der Waals surface area contributed by atoms with Gasteiger partial charge >= 0.3 is 0 Å². The molecule has 0 fully saturated rings. The van der Waals surface area contributed by atoms with Gasteiger partial charge in [0.2, 0.25) is 0 Å². The summed E-state index contributed by atoms with van der Waals surface area (Å²) in [7, 11) is 0. The highest BCUT2D eigenvalue weighted by molar-refractivity contribution is 7.98. The molecule has 2 aromatic carbocycles. The Morgan fingerprint density at radius 3 is 2.39 bits per heavy atom. The molecule has 94 valence electrons. The molecular weight excluding hydrogens is 238 g/mol. The largest absolute Gasteiger partial charge is 0.381 e. The van der Waals surface area contributed by atoms with E-state index in [-0.39, 0.29) is 0 Å². The van der Waals surface area contributed by atoms with Crippen molar-refractivity contribution in [2.24, 2.45) is 0 Å². The van der Waals surface area contributed by atoms with Crippen LogP contribution in [0.4, 0.5) is 5.69 Å². The molecule has 0 aliphatic rings. The van der Waals surface area contributed by atoms with Gasteiger partial charge in [-0.1, -0.05) is 24.3 Å². The van der Waals surface area contributed by atoms with Crippen molar-refractivity contribution >= 4 is 17.4 Å². The molecular formula is C16H19NS. The quantitative estimate of drug-likeness (QED) is 0.801. The summed E-state index contributed by atoms with van der Waals surface area (Å²) in [6, 6.07) is 15.1. The van der Waals surface area contributed by atoms with Crippen molar-refractivity contribution in [3.05, 3.63) is 59.2 Å². The molecule has 0 aliphatic heterocycles. The number of benzene rings is 2. The third-order valence-corrected chi connectivity index (χ3v) is 3.99. The normalized spacial score (nSPS) is 10.4. The highest BCUT2D eigenvalue weighted by Crippen LogP contribution is 2.20. The molecule has 0 bridgehead atoms. The molecule has 0 unspecified atom stereocenters. The van der Waals surface area contributed by atoms with Crippen LogP contribution in [0, 0.1) is 13.8 Å². The predicted molar refractivity (Wildman–Crippen MR) is 81.5 cm³/mol. The van der Waals surface area contributed by atoms with Crippen LogP contribution >= 0.6 is 11.8 Å². The number of aryl methyl sites for hydroxylation is 1. The van der Waals surface area contributed by atoms with Gasteiger partial charge in [0.05, 0.1) is 0 Å². The topological polar surface area (TPSA) is 12.0 Å². The average Bonchev–Trinajstić information content (AvgIpc) is 2.41. The lowest BCUT2D eigenvalue weighted by atomic mass is 10.1. The summed E-state index contributed by atoms with van der Waals surface area (Å²) >= 11 is 1.78. The van der Waals surface area contributed by atoms with Crippen molar-refractivity contribution in [2.75, 3.05) is 11.6 Å². The van der Waals surface area contributed by atoms with Crippen molar-refractivity contribution < 1.29 is 0 Å². The van der Waals surface area contributed by atoms with Crippen molar-refractivity contribution in [1.29, 1.82) is 0 Å². The molecule has 0 amide bonds. The molecule has 0 spiro atoms. The Hall–Kier alpha value is -1.41. The molecule has 0 aromatic heterocycles. The van der Waals surface area contributed by atoms with Gasteiger partial charge in [0.25, 0.3) is 0 Å². The summed E-state index contributed by atoms with van der Waals surface area (Å²) in [6.45, 7) is 5.18. The van der Waals surface area contributed by atoms with E-state index >= 15 is 0 Å². The third-order valence-electron chi connectivity index (χ3n) is 3.25. The van der Waals surface area contributed by atoms with Crippen LogP contribution < -0.4 is 5.32 Å². The zero-order chi connectivity index (χ0) is 13.0. The first-order valence-electron chi connectivity index (χ1n) is 6.13. The zero-order valence-corrected chi connectivity index (χ0v) is 12.0. The van der Waals surface area contributed by atoms with Gasteiger partial charge in [0.15, 0.2) is 0 Å². The van der Waals surface area contributed by atoms with Gasteiger partial charge < -0.3 is 5.32 Å². The van der Waals surface area contributed by atoms with Gasteiger partial charge in [-0.25, -0.2) is 0 Å². The highest BCUT2D eigenvalue weighted by Gasteiger charge is 2.00. The maximum atomic E-state index is 3.50. The van der Waals surface area contributed by atoms with Crippen LogP contribution in [0.15, 0.2) is 47.4 Å². The fourth-order valence-corrected chi connectivity index (χ4v) is 2.29. The van der Waals surface area contributed by atoms with Crippen LogP contribution in [0.1, 0.15) is 16.7 Å². The van der Waals surface area contributed by atoms with Crippen LogP contribution in [-0.2, 0) is 6.54 Å². The van der Waals surface area contributed by atoms with Gasteiger partial charge in [-0.05, 0) is 55.0 Å². The lowest BCUT2D eigenvalue weighted by Gasteiger charge is -2.11. The third kappa shape index (κ3) is 3.08. The SMILES string of the molecule is CSc1ccc(CNc2cccc(C)c2C)cc1. The van der Waals surface area contributed by atoms with Crippen LogP contribution in [0.2, 0.25) is 0 Å². The molecule has 18 heavy (non-hydrogen) atoms. The van der Waals surface area contributed by atoms with E-state index in [2.05, 4.69) is 67.9 Å². The van der Waals surface area contributed by atoms with E-state index in [1.807, 2.05) is 0 Å². The molecule has 1 nitrogen and oxygen atoms in total. The molecule has 0 radical (unpaired) electrons. The smallest absolute Gasteiger partial charge is 0.0400 e. The summed E-state index contributed by atoms with van der Waals surface area (Å²) < 4.78 is 0. The fraction of sp³-hybridized carbons (Fsp3) is 0.250. The first kappa shape index (κ1) is 13.0. The minimum absolute atomic E-state index is 0.874. The van der Waals surface area contributed by atoms with Crippen molar-refractivity contribution in [2.45, 2.75) is 25.3 Å². The maximum absolute atomic E-state index is 3.50. The van der Waals surface area contributed by atoms with Crippen LogP contribution in [0.25, 0.3) is 0 Å². The Kier molecular flexibility index (Phi) is 4.32. The van der Waals surface area contributed by atoms with Gasteiger partial charge in [0.1, 0.15) is 0 Å². The summed E-state index contributed by atoms with van der Waals surface area (Å²) in [5.74, 6) is 0. The van der Waals surface area contributed by atoms with E-state index in [1.54, 1.807) is 11.8 Å². The van der Waals surface area contributed by atoms with Gasteiger partial charge in [0, 0.05) is 17.1 Å². The molecule has 2 rings (SSSR count). The average molecular weight is 257 g/mol. The minimum atomic E-state index is 0.874. The lowest BCUT2D eigenvalue weighted by Crippen LogP contribution is -2.01. The summed E-state index contributed by atoms with van der Waals surface area (Å²) in [6.07, 6.45) is 2.10. The first-order valence-corrected chi connectivity index (χ1v) is 7.36. The first-order chi connectivity index (χ1) is 8.70.